The number of nitrogens with zero attached hydrogens (tertiary/aromatic N) is 1. The van der Waals surface area contributed by atoms with Gasteiger partial charge in [-0.05, 0) is 12.1 Å². The van der Waals surface area contributed by atoms with Crippen molar-refractivity contribution in [3.63, 3.8) is 0 Å². The topological polar surface area (TPSA) is 54.7 Å². The van der Waals surface area contributed by atoms with Gasteiger partial charge in [-0.3, -0.25) is 0 Å². The fraction of sp³-hybridized carbons (Fsp3) is 0. The smallest absolute Gasteiger partial charge is 0.198 e. The molecule has 62 valence electrons. The number of fused-ring (bicyclic) bond motifs is 1. The minimum absolute atomic E-state index is 0.0500. The van der Waals surface area contributed by atoms with Crippen molar-refractivity contribution in [2.24, 2.45) is 0 Å². The predicted molar refractivity (Wildman–Crippen MR) is 45.5 cm³/mol. The van der Waals surface area contributed by atoms with Crippen LogP contribution in [0.1, 0.15) is 0 Å². The molecule has 0 aliphatic carbocycles. The first-order valence-electron chi connectivity index (χ1n) is 3.27. The number of anilines is 1. The summed E-state index contributed by atoms with van der Waals surface area (Å²) in [5.41, 5.74) is 6.06. The van der Waals surface area contributed by atoms with Crippen LogP contribution in [-0.4, -0.2) is 9.97 Å². The average Bonchev–Trinajstić information content (AvgIpc) is 2.39. The first kappa shape index (κ1) is 7.36. The number of halogens is 2. The quantitative estimate of drug-likeness (QED) is 0.659. The first-order chi connectivity index (χ1) is 5.68. The molecule has 0 saturated carbocycles. The van der Waals surface area contributed by atoms with Crippen LogP contribution in [0.15, 0.2) is 12.1 Å². The maximum Gasteiger partial charge on any atom is 0.198 e. The van der Waals surface area contributed by atoms with Crippen molar-refractivity contribution in [1.82, 2.24) is 9.97 Å². The Bertz CT molecular complexity index is 437. The van der Waals surface area contributed by atoms with E-state index in [0.717, 1.165) is 0 Å². The molecular weight excluding hydrogens is 181 g/mol. The van der Waals surface area contributed by atoms with Crippen LogP contribution in [0, 0.1) is 5.82 Å². The van der Waals surface area contributed by atoms with Gasteiger partial charge in [0.15, 0.2) is 11.8 Å². The van der Waals surface area contributed by atoms with Gasteiger partial charge in [0.1, 0.15) is 5.52 Å². The highest BCUT2D eigenvalue weighted by Gasteiger charge is 2.08. The number of hydrogen-bond donors (Lipinski definition) is 2. The second-order valence-corrected chi connectivity index (χ2v) is 2.79. The number of aromatic nitrogens is 2. The molecule has 0 radical (unpaired) electrons. The van der Waals surface area contributed by atoms with Crippen LogP contribution in [0.4, 0.5) is 10.3 Å². The van der Waals surface area contributed by atoms with E-state index in [4.69, 9.17) is 17.3 Å². The second kappa shape index (κ2) is 2.35. The van der Waals surface area contributed by atoms with E-state index in [-0.39, 0.29) is 16.5 Å². The maximum absolute atomic E-state index is 13.1. The molecule has 3 nitrogen and oxygen atoms in total. The van der Waals surface area contributed by atoms with Gasteiger partial charge in [-0.2, -0.15) is 0 Å². The van der Waals surface area contributed by atoms with Crippen molar-refractivity contribution in [2.75, 3.05) is 5.73 Å². The summed E-state index contributed by atoms with van der Waals surface area (Å²) >= 11 is 5.53. The fourth-order valence-electron chi connectivity index (χ4n) is 1.04. The summed E-state index contributed by atoms with van der Waals surface area (Å²) in [5, 5.41) is 0.0500. The zero-order chi connectivity index (χ0) is 8.72. The lowest BCUT2D eigenvalue weighted by Gasteiger charge is -1.92. The van der Waals surface area contributed by atoms with Crippen molar-refractivity contribution < 1.29 is 4.39 Å². The van der Waals surface area contributed by atoms with Gasteiger partial charge in [0, 0.05) is 0 Å². The first-order valence-corrected chi connectivity index (χ1v) is 3.65. The van der Waals surface area contributed by atoms with Gasteiger partial charge in [-0.25, -0.2) is 9.37 Å². The molecule has 1 aromatic carbocycles. The molecule has 0 saturated heterocycles. The fourth-order valence-corrected chi connectivity index (χ4v) is 1.19. The standard InChI is InChI=1S/C7H5ClFN3/c8-3-1-2-4-6(5(3)9)12-7(10)11-4/h1-2H,(H3,10,11,12). The predicted octanol–water partition coefficient (Wildman–Crippen LogP) is 1.94. The van der Waals surface area contributed by atoms with E-state index in [0.29, 0.717) is 5.52 Å². The van der Waals surface area contributed by atoms with Crippen molar-refractivity contribution in [3.8, 4) is 0 Å². The third-order valence-corrected chi connectivity index (χ3v) is 1.86. The Balaban J connectivity index is 2.89. The summed E-state index contributed by atoms with van der Waals surface area (Å²) in [6.45, 7) is 0. The molecule has 0 atom stereocenters. The Morgan fingerprint density at radius 3 is 3.00 bits per heavy atom. The highest BCUT2D eigenvalue weighted by Crippen LogP contribution is 2.22. The molecule has 12 heavy (non-hydrogen) atoms. The molecule has 0 fully saturated rings. The summed E-state index contributed by atoms with van der Waals surface area (Å²) in [6, 6.07) is 3.08. The Labute approximate surface area is 72.4 Å². The van der Waals surface area contributed by atoms with Gasteiger partial charge >= 0.3 is 0 Å². The van der Waals surface area contributed by atoms with E-state index >= 15 is 0 Å². The Morgan fingerprint density at radius 2 is 2.25 bits per heavy atom. The van der Waals surface area contributed by atoms with Gasteiger partial charge in [0.05, 0.1) is 10.5 Å². The molecule has 0 unspecified atom stereocenters. The zero-order valence-electron chi connectivity index (χ0n) is 5.94. The second-order valence-electron chi connectivity index (χ2n) is 2.38. The van der Waals surface area contributed by atoms with Gasteiger partial charge in [-0.1, -0.05) is 11.6 Å². The van der Waals surface area contributed by atoms with E-state index in [1.54, 1.807) is 6.07 Å². The van der Waals surface area contributed by atoms with Crippen molar-refractivity contribution >= 4 is 28.6 Å². The normalized spacial score (nSPS) is 10.8. The molecule has 5 heteroatoms. The number of hydrogen-bond acceptors (Lipinski definition) is 2. The summed E-state index contributed by atoms with van der Waals surface area (Å²) < 4.78 is 13.1. The van der Waals surface area contributed by atoms with Gasteiger partial charge in [-0.15, -0.1) is 0 Å². The number of nitrogens with one attached hydrogen (secondary N) is 1. The van der Waals surface area contributed by atoms with Gasteiger partial charge in [0.2, 0.25) is 0 Å². The van der Waals surface area contributed by atoms with Gasteiger partial charge in [0.25, 0.3) is 0 Å². The summed E-state index contributed by atoms with van der Waals surface area (Å²) in [4.78, 5) is 6.43. The molecule has 0 amide bonds. The number of benzene rings is 1. The molecule has 0 aliphatic rings. The Morgan fingerprint density at radius 1 is 1.50 bits per heavy atom. The number of aromatic amines is 1. The lowest BCUT2D eigenvalue weighted by molar-refractivity contribution is 0.638. The van der Waals surface area contributed by atoms with Crippen LogP contribution in [0.25, 0.3) is 11.0 Å². The summed E-state index contributed by atoms with van der Waals surface area (Å²) in [6.07, 6.45) is 0. The Kier molecular flexibility index (Phi) is 1.44. The molecule has 0 aliphatic heterocycles. The molecule has 3 N–H and O–H groups in total. The van der Waals surface area contributed by atoms with Crippen LogP contribution in [0.2, 0.25) is 5.02 Å². The number of imidazole rings is 1. The highest BCUT2D eigenvalue weighted by molar-refractivity contribution is 6.31. The number of H-pyrrole nitrogens is 1. The van der Waals surface area contributed by atoms with Crippen LogP contribution in [0.3, 0.4) is 0 Å². The summed E-state index contributed by atoms with van der Waals surface area (Å²) in [5.74, 6) is -0.353. The van der Waals surface area contributed by atoms with E-state index < -0.39 is 5.82 Å². The van der Waals surface area contributed by atoms with E-state index in [1.165, 1.54) is 6.07 Å². The SMILES string of the molecule is Nc1nc2c(F)c(Cl)ccc2[nH]1. The molecule has 2 aromatic rings. The monoisotopic (exact) mass is 185 g/mol. The molecule has 0 bridgehead atoms. The van der Waals surface area contributed by atoms with Crippen LogP contribution >= 0.6 is 11.6 Å². The van der Waals surface area contributed by atoms with Crippen LogP contribution < -0.4 is 5.73 Å². The van der Waals surface area contributed by atoms with E-state index in [1.807, 2.05) is 0 Å². The van der Waals surface area contributed by atoms with Crippen molar-refractivity contribution in [1.29, 1.82) is 0 Å². The maximum atomic E-state index is 13.1. The average molecular weight is 186 g/mol. The van der Waals surface area contributed by atoms with Crippen molar-refractivity contribution in [2.45, 2.75) is 0 Å². The summed E-state index contributed by atoms with van der Waals surface area (Å²) in [7, 11) is 0. The minimum Gasteiger partial charge on any atom is -0.369 e. The number of nitrogen functional groups attached to an aromatic ring is 1. The molecule has 2 rings (SSSR count). The van der Waals surface area contributed by atoms with Gasteiger partial charge < -0.3 is 10.7 Å². The third kappa shape index (κ3) is 0.921. The largest absolute Gasteiger partial charge is 0.369 e. The lowest BCUT2D eigenvalue weighted by atomic mass is 10.3. The lowest BCUT2D eigenvalue weighted by Crippen LogP contribution is -1.84. The molecular formula is C7H5ClFN3. The zero-order valence-corrected chi connectivity index (χ0v) is 6.69. The highest BCUT2D eigenvalue weighted by atomic mass is 35.5. The third-order valence-electron chi connectivity index (χ3n) is 1.56. The van der Waals surface area contributed by atoms with Crippen LogP contribution in [0.5, 0.6) is 0 Å². The molecule has 1 heterocycles. The van der Waals surface area contributed by atoms with E-state index in [9.17, 15) is 4.39 Å². The Hall–Kier alpha value is -1.29. The number of rotatable bonds is 0. The van der Waals surface area contributed by atoms with Crippen LogP contribution in [-0.2, 0) is 0 Å². The van der Waals surface area contributed by atoms with Crippen molar-refractivity contribution in [3.05, 3.63) is 23.0 Å². The molecule has 0 spiro atoms. The minimum atomic E-state index is -0.540. The molecule has 1 aromatic heterocycles. The number of nitrogens with two attached hydrogens (primary N) is 1. The van der Waals surface area contributed by atoms with E-state index in [2.05, 4.69) is 9.97 Å².